The number of anilines is 2. The number of ether oxygens (including phenoxy) is 2. The molecule has 1 aliphatic rings. The molecule has 1 aromatic heterocycles. The lowest BCUT2D eigenvalue weighted by atomic mass is 9.85. The number of nitrogens with one attached hydrogen (secondary N) is 1. The first-order chi connectivity index (χ1) is 17.8. The van der Waals surface area contributed by atoms with Crippen molar-refractivity contribution in [2.45, 2.75) is 70.4 Å². The molecule has 1 atom stereocenters. The molecule has 0 radical (unpaired) electrons. The average molecular weight is 596 g/mol. The van der Waals surface area contributed by atoms with Crippen LogP contribution >= 0.6 is 11.6 Å². The molecule has 1 aliphatic heterocycles. The summed E-state index contributed by atoms with van der Waals surface area (Å²) < 4.78 is 79.7. The Morgan fingerprint density at radius 3 is 2.44 bits per heavy atom. The summed E-state index contributed by atoms with van der Waals surface area (Å²) in [5, 5.41) is 5.88. The number of amides is 2. The van der Waals surface area contributed by atoms with Crippen LogP contribution in [0.25, 0.3) is 0 Å². The van der Waals surface area contributed by atoms with E-state index in [1.807, 2.05) is 0 Å². The highest BCUT2D eigenvalue weighted by molar-refractivity contribution is 7.93. The Morgan fingerprint density at radius 1 is 1.26 bits per heavy atom. The van der Waals surface area contributed by atoms with Crippen molar-refractivity contribution < 1.29 is 40.7 Å². The number of benzene rings is 1. The lowest BCUT2D eigenvalue weighted by Crippen LogP contribution is -2.47. The first-order valence-electron chi connectivity index (χ1n) is 11.7. The van der Waals surface area contributed by atoms with Crippen molar-refractivity contribution in [1.82, 2.24) is 9.78 Å². The predicted molar refractivity (Wildman–Crippen MR) is 136 cm³/mol. The molecule has 2 aromatic rings. The summed E-state index contributed by atoms with van der Waals surface area (Å²) in [6, 6.07) is 3.85. The van der Waals surface area contributed by atoms with E-state index in [0.717, 1.165) is 4.31 Å². The fraction of sp³-hybridized carbons (Fsp3) is 0.522. The van der Waals surface area contributed by atoms with Gasteiger partial charge in [-0.15, -0.1) is 0 Å². The average Bonchev–Trinajstić information content (AvgIpc) is 3.18. The minimum absolute atomic E-state index is 0.0312. The Kier molecular flexibility index (Phi) is 8.10. The van der Waals surface area contributed by atoms with Gasteiger partial charge in [0.15, 0.2) is 5.15 Å². The third-order valence-electron chi connectivity index (χ3n) is 6.15. The predicted octanol–water partition coefficient (Wildman–Crippen LogP) is 4.30. The van der Waals surface area contributed by atoms with Gasteiger partial charge < -0.3 is 15.2 Å². The number of aromatic nitrogens is 2. The highest BCUT2D eigenvalue weighted by atomic mass is 35.5. The molecule has 2 amide bonds. The number of hydrogen-bond acceptors (Lipinski definition) is 7. The standard InChI is InChI=1S/C23H29ClF3N5O6S/c1-6-31-12-17(18(24)30-31)39(35,36)32-11-14(10-21(2,3)19(28)33)37-16-8-7-13(9-15(16)32)29-20(34)38-22(4,5)23(25,26)27/h7-9,12,14H,6,10-11H2,1-5H3,(H2,28,33)(H,29,34). The summed E-state index contributed by atoms with van der Waals surface area (Å²) in [6.45, 7) is 6.38. The number of sulfonamides is 1. The van der Waals surface area contributed by atoms with Crippen molar-refractivity contribution in [2.24, 2.45) is 11.1 Å². The quantitative estimate of drug-likeness (QED) is 0.462. The van der Waals surface area contributed by atoms with Crippen LogP contribution in [0.15, 0.2) is 29.3 Å². The van der Waals surface area contributed by atoms with Gasteiger partial charge in [0.2, 0.25) is 11.5 Å². The largest absolute Gasteiger partial charge is 0.486 e. The molecule has 0 saturated heterocycles. The number of carbonyl (C=O) groups is 2. The van der Waals surface area contributed by atoms with Gasteiger partial charge in [-0.2, -0.15) is 18.3 Å². The molecule has 1 unspecified atom stereocenters. The third kappa shape index (κ3) is 6.35. The summed E-state index contributed by atoms with van der Waals surface area (Å²) in [7, 11) is -4.37. The van der Waals surface area contributed by atoms with Gasteiger partial charge in [0.05, 0.1) is 12.2 Å². The Balaban J connectivity index is 2.02. The minimum atomic E-state index is -4.82. The molecule has 3 N–H and O–H groups in total. The fourth-order valence-electron chi connectivity index (χ4n) is 3.66. The monoisotopic (exact) mass is 595 g/mol. The second-order valence-corrected chi connectivity index (χ2v) is 12.3. The Labute approximate surface area is 228 Å². The molecule has 16 heteroatoms. The number of nitrogens with two attached hydrogens (primary N) is 1. The third-order valence-corrected chi connectivity index (χ3v) is 8.32. The van der Waals surface area contributed by atoms with Crippen molar-refractivity contribution in [2.75, 3.05) is 16.2 Å². The Bertz CT molecular complexity index is 1380. The van der Waals surface area contributed by atoms with E-state index in [4.69, 9.17) is 22.1 Å². The molecular formula is C23H29ClF3N5O6S. The molecule has 3 rings (SSSR count). The highest BCUT2D eigenvalue weighted by Crippen LogP contribution is 2.42. The van der Waals surface area contributed by atoms with Gasteiger partial charge in [0.25, 0.3) is 10.0 Å². The molecule has 0 spiro atoms. The maximum atomic E-state index is 13.8. The highest BCUT2D eigenvalue weighted by Gasteiger charge is 2.51. The van der Waals surface area contributed by atoms with Crippen LogP contribution in [0.2, 0.25) is 5.15 Å². The van der Waals surface area contributed by atoms with Gasteiger partial charge in [0.1, 0.15) is 16.7 Å². The number of alkyl halides is 3. The summed E-state index contributed by atoms with van der Waals surface area (Å²) in [6.07, 6.45) is -5.72. The van der Waals surface area contributed by atoms with Crippen LogP contribution in [-0.4, -0.2) is 54.6 Å². The normalized spacial score (nSPS) is 16.3. The first-order valence-corrected chi connectivity index (χ1v) is 13.5. The lowest BCUT2D eigenvalue weighted by Gasteiger charge is -2.37. The van der Waals surface area contributed by atoms with Crippen LogP contribution in [0.5, 0.6) is 5.75 Å². The van der Waals surface area contributed by atoms with E-state index in [1.54, 1.807) is 20.8 Å². The SMILES string of the molecule is CCn1cc(S(=O)(=O)N2CC(CC(C)(C)C(N)=O)Oc3ccc(NC(=O)OC(C)(C)C(F)(F)F)cc32)c(Cl)n1. The number of carbonyl (C=O) groups excluding carboxylic acids is 2. The number of primary amides is 1. The number of hydrogen-bond donors (Lipinski definition) is 2. The van der Waals surface area contributed by atoms with Gasteiger partial charge in [-0.1, -0.05) is 25.4 Å². The van der Waals surface area contributed by atoms with E-state index in [2.05, 4.69) is 15.2 Å². The fourth-order valence-corrected chi connectivity index (χ4v) is 5.61. The van der Waals surface area contributed by atoms with E-state index in [9.17, 15) is 31.2 Å². The number of rotatable bonds is 8. The van der Waals surface area contributed by atoms with Gasteiger partial charge in [-0.25, -0.2) is 13.2 Å². The zero-order valence-corrected chi connectivity index (χ0v) is 23.4. The lowest BCUT2D eigenvalue weighted by molar-refractivity contribution is -0.242. The Hall–Kier alpha value is -3.20. The van der Waals surface area contributed by atoms with Crippen LogP contribution in [0, 0.1) is 5.41 Å². The van der Waals surface area contributed by atoms with Crippen molar-refractivity contribution in [3.8, 4) is 5.75 Å². The van der Waals surface area contributed by atoms with Crippen LogP contribution in [0.1, 0.15) is 41.0 Å². The molecular weight excluding hydrogens is 567 g/mol. The number of fused-ring (bicyclic) bond motifs is 1. The van der Waals surface area contributed by atoms with Crippen LogP contribution in [0.4, 0.5) is 29.3 Å². The van der Waals surface area contributed by atoms with Crippen LogP contribution < -0.4 is 20.1 Å². The van der Waals surface area contributed by atoms with Crippen molar-refractivity contribution in [1.29, 1.82) is 0 Å². The zero-order chi connectivity index (χ0) is 29.6. The first kappa shape index (κ1) is 30.3. The maximum Gasteiger partial charge on any atom is 0.427 e. The topological polar surface area (TPSA) is 146 Å². The van der Waals surface area contributed by atoms with Gasteiger partial charge in [0, 0.05) is 23.8 Å². The molecule has 0 saturated carbocycles. The summed E-state index contributed by atoms with van der Waals surface area (Å²) in [5.74, 6) is -0.540. The summed E-state index contributed by atoms with van der Waals surface area (Å²) in [5.41, 5.74) is 1.58. The summed E-state index contributed by atoms with van der Waals surface area (Å²) >= 11 is 6.14. The van der Waals surface area contributed by atoms with Crippen molar-refractivity contribution >= 4 is 45.0 Å². The minimum Gasteiger partial charge on any atom is -0.486 e. The molecule has 0 aliphatic carbocycles. The van der Waals surface area contributed by atoms with Crippen molar-refractivity contribution in [3.05, 3.63) is 29.5 Å². The van der Waals surface area contributed by atoms with E-state index >= 15 is 0 Å². The second-order valence-electron chi connectivity index (χ2n) is 10.1. The van der Waals surface area contributed by atoms with Gasteiger partial charge >= 0.3 is 12.3 Å². The van der Waals surface area contributed by atoms with E-state index < -0.39 is 45.3 Å². The molecule has 0 bridgehead atoms. The molecule has 1 aromatic carbocycles. The number of aryl methyl sites for hydroxylation is 1. The van der Waals surface area contributed by atoms with E-state index in [-0.39, 0.29) is 40.1 Å². The van der Waals surface area contributed by atoms with Gasteiger partial charge in [-0.3, -0.25) is 19.1 Å². The Morgan fingerprint density at radius 2 is 1.90 bits per heavy atom. The molecule has 2 heterocycles. The molecule has 0 fully saturated rings. The molecule has 11 nitrogen and oxygen atoms in total. The zero-order valence-electron chi connectivity index (χ0n) is 21.8. The number of halogens is 4. The van der Waals surface area contributed by atoms with Gasteiger partial charge in [-0.05, 0) is 45.4 Å². The van der Waals surface area contributed by atoms with Crippen LogP contribution in [-0.2, 0) is 26.1 Å². The molecule has 39 heavy (non-hydrogen) atoms. The van der Waals surface area contributed by atoms with Crippen molar-refractivity contribution in [3.63, 3.8) is 0 Å². The maximum absolute atomic E-state index is 13.8. The van der Waals surface area contributed by atoms with E-state index in [0.29, 0.717) is 20.4 Å². The second kappa shape index (κ2) is 10.4. The van der Waals surface area contributed by atoms with E-state index in [1.165, 1.54) is 29.1 Å². The van der Waals surface area contributed by atoms with Crippen LogP contribution in [0.3, 0.4) is 0 Å². The number of nitrogens with zero attached hydrogens (tertiary/aromatic N) is 3. The summed E-state index contributed by atoms with van der Waals surface area (Å²) in [4.78, 5) is 23.8. The smallest absolute Gasteiger partial charge is 0.427 e. The molecule has 216 valence electrons.